The van der Waals surface area contributed by atoms with Crippen LogP contribution in [-0.2, 0) is 4.57 Å². The van der Waals surface area contributed by atoms with E-state index in [9.17, 15) is 4.57 Å². The van der Waals surface area contributed by atoms with Crippen LogP contribution in [0.5, 0.6) is 0 Å². The molecule has 9 heavy (non-hydrogen) atoms. The first-order chi connectivity index (χ1) is 3.81. The predicted molar refractivity (Wildman–Crippen MR) is 43.0 cm³/mol. The Bertz CT molecular complexity index is 140. The lowest BCUT2D eigenvalue weighted by molar-refractivity contribution is 0.365. The van der Waals surface area contributed by atoms with Gasteiger partial charge in [-0.2, -0.15) is 0 Å². The van der Waals surface area contributed by atoms with E-state index in [1.165, 1.54) is 0 Å². The maximum Gasteiger partial charge on any atom is 0.350 e. The van der Waals surface area contributed by atoms with Crippen LogP contribution in [0.2, 0.25) is 0 Å². The second kappa shape index (κ2) is 2.84. The van der Waals surface area contributed by atoms with E-state index in [1.807, 2.05) is 0 Å². The molecular formula is C3H9O3PS2. The Morgan fingerprint density at radius 2 is 1.89 bits per heavy atom. The van der Waals surface area contributed by atoms with Gasteiger partial charge in [0.25, 0.3) is 0 Å². The van der Waals surface area contributed by atoms with Crippen molar-refractivity contribution in [2.45, 2.75) is 17.2 Å². The van der Waals surface area contributed by atoms with Crippen molar-refractivity contribution in [2.24, 2.45) is 0 Å². The Morgan fingerprint density at radius 1 is 1.56 bits per heavy atom. The number of rotatable bonds is 2. The summed E-state index contributed by atoms with van der Waals surface area (Å²) in [5.41, 5.74) is 0. The summed E-state index contributed by atoms with van der Waals surface area (Å²) in [6.45, 7) is 1.61. The number of hydrogen-bond acceptors (Lipinski definition) is 3. The van der Waals surface area contributed by atoms with Crippen LogP contribution in [0.3, 0.4) is 0 Å². The third-order valence-electron chi connectivity index (χ3n) is 0.941. The van der Waals surface area contributed by atoms with E-state index >= 15 is 0 Å². The van der Waals surface area contributed by atoms with E-state index in [0.29, 0.717) is 0 Å². The van der Waals surface area contributed by atoms with Crippen molar-refractivity contribution < 1.29 is 14.4 Å². The molecule has 0 amide bonds. The van der Waals surface area contributed by atoms with Gasteiger partial charge >= 0.3 is 7.60 Å². The highest BCUT2D eigenvalue weighted by Gasteiger charge is 2.38. The average molecular weight is 188 g/mol. The van der Waals surface area contributed by atoms with Crippen LogP contribution >= 0.6 is 32.9 Å². The average Bonchev–Trinajstić information content (AvgIpc) is 1.64. The normalized spacial score (nSPS) is 13.9. The second-order valence-corrected chi connectivity index (χ2v) is 6.11. The van der Waals surface area contributed by atoms with Crippen LogP contribution in [-0.4, -0.2) is 13.6 Å². The third kappa shape index (κ3) is 2.51. The minimum atomic E-state index is -4.14. The van der Waals surface area contributed by atoms with Gasteiger partial charge in [-0.1, -0.05) is 6.92 Å². The van der Waals surface area contributed by atoms with Gasteiger partial charge in [-0.3, -0.25) is 4.57 Å². The van der Waals surface area contributed by atoms with Gasteiger partial charge in [0.2, 0.25) is 0 Å². The molecule has 0 saturated carbocycles. The first-order valence-corrected chi connectivity index (χ1v) is 4.82. The smallest absolute Gasteiger partial charge is 0.323 e. The molecule has 0 aromatic carbocycles. The van der Waals surface area contributed by atoms with E-state index in [4.69, 9.17) is 9.79 Å². The minimum Gasteiger partial charge on any atom is -0.323 e. The Morgan fingerprint density at radius 3 is 1.89 bits per heavy atom. The molecule has 0 heterocycles. The summed E-state index contributed by atoms with van der Waals surface area (Å²) in [6, 6.07) is 0. The van der Waals surface area contributed by atoms with Crippen molar-refractivity contribution >= 4 is 32.9 Å². The van der Waals surface area contributed by atoms with Gasteiger partial charge in [0.15, 0.2) is 3.82 Å². The van der Waals surface area contributed by atoms with E-state index in [1.54, 1.807) is 6.92 Å². The van der Waals surface area contributed by atoms with Gasteiger partial charge in [-0.25, -0.2) is 0 Å². The molecule has 0 aliphatic rings. The molecule has 0 fully saturated rings. The first-order valence-electron chi connectivity index (χ1n) is 2.31. The van der Waals surface area contributed by atoms with Crippen LogP contribution in [0.1, 0.15) is 13.3 Å². The van der Waals surface area contributed by atoms with E-state index < -0.39 is 11.4 Å². The molecule has 0 aromatic rings. The number of thiol groups is 2. The van der Waals surface area contributed by atoms with Crippen LogP contribution in [0, 0.1) is 0 Å². The highest BCUT2D eigenvalue weighted by atomic mass is 32.2. The van der Waals surface area contributed by atoms with Crippen molar-refractivity contribution in [1.82, 2.24) is 0 Å². The fraction of sp³-hybridized carbons (Fsp3) is 1.00. The van der Waals surface area contributed by atoms with Crippen molar-refractivity contribution in [3.8, 4) is 0 Å². The fourth-order valence-electron chi connectivity index (χ4n) is 0.206. The van der Waals surface area contributed by atoms with E-state index in [-0.39, 0.29) is 6.42 Å². The Balaban J connectivity index is 4.34. The number of hydrogen-bond donors (Lipinski definition) is 4. The van der Waals surface area contributed by atoms with Crippen molar-refractivity contribution in [2.75, 3.05) is 0 Å². The minimum absolute atomic E-state index is 0.226. The van der Waals surface area contributed by atoms with Crippen molar-refractivity contribution in [3.05, 3.63) is 0 Å². The molecule has 0 aromatic heterocycles. The highest BCUT2D eigenvalue weighted by molar-refractivity contribution is 8.10. The summed E-state index contributed by atoms with van der Waals surface area (Å²) in [5.74, 6) is 0. The van der Waals surface area contributed by atoms with Gasteiger partial charge in [-0.15, -0.1) is 25.3 Å². The van der Waals surface area contributed by atoms with Crippen molar-refractivity contribution in [1.29, 1.82) is 0 Å². The predicted octanol–water partition coefficient (Wildman–Crippen LogP) is 1.09. The summed E-state index contributed by atoms with van der Waals surface area (Å²) in [7, 11) is -4.14. The third-order valence-corrected chi connectivity index (χ3v) is 4.39. The van der Waals surface area contributed by atoms with Gasteiger partial charge in [-0.05, 0) is 6.42 Å². The second-order valence-electron chi connectivity index (χ2n) is 1.67. The lowest BCUT2D eigenvalue weighted by Crippen LogP contribution is -2.10. The topological polar surface area (TPSA) is 57.5 Å². The van der Waals surface area contributed by atoms with Gasteiger partial charge in [0.1, 0.15) is 0 Å². The SMILES string of the molecule is CCC(S)(S)P(=O)(O)O. The van der Waals surface area contributed by atoms with Crippen LogP contribution in [0.4, 0.5) is 0 Å². The monoisotopic (exact) mass is 188 g/mol. The molecule has 0 radical (unpaired) electrons. The maximum absolute atomic E-state index is 10.4. The van der Waals surface area contributed by atoms with E-state index in [2.05, 4.69) is 25.3 Å². The molecular weight excluding hydrogens is 179 g/mol. The zero-order valence-corrected chi connectivity index (χ0v) is 7.53. The standard InChI is InChI=1S/C3H9O3PS2/c1-2-3(8,9)7(4,5)6/h8-9H,2H2,1H3,(H2,4,5,6). The summed E-state index contributed by atoms with van der Waals surface area (Å²) >= 11 is 7.34. The van der Waals surface area contributed by atoms with Gasteiger partial charge in [0.05, 0.1) is 0 Å². The first kappa shape index (κ1) is 9.85. The Kier molecular flexibility index (Phi) is 3.11. The van der Waals surface area contributed by atoms with Crippen LogP contribution in [0.25, 0.3) is 0 Å². The highest BCUT2D eigenvalue weighted by Crippen LogP contribution is 2.57. The van der Waals surface area contributed by atoms with E-state index in [0.717, 1.165) is 0 Å². The largest absolute Gasteiger partial charge is 0.350 e. The quantitative estimate of drug-likeness (QED) is 0.298. The lowest BCUT2D eigenvalue weighted by Gasteiger charge is -2.20. The Hall–Kier alpha value is 0.850. The molecule has 0 saturated heterocycles. The van der Waals surface area contributed by atoms with Crippen LogP contribution < -0.4 is 0 Å². The lowest BCUT2D eigenvalue weighted by atomic mass is 10.6. The fourth-order valence-corrected chi connectivity index (χ4v) is 0.618. The molecule has 56 valence electrons. The summed E-state index contributed by atoms with van der Waals surface area (Å²) in [6.07, 6.45) is 0.226. The molecule has 0 aliphatic carbocycles. The molecule has 0 unspecified atom stereocenters. The zero-order valence-electron chi connectivity index (χ0n) is 4.85. The summed E-state index contributed by atoms with van der Waals surface area (Å²) in [5, 5.41) is 0. The molecule has 0 aliphatic heterocycles. The van der Waals surface area contributed by atoms with Gasteiger partial charge < -0.3 is 9.79 Å². The maximum atomic E-state index is 10.4. The molecule has 0 spiro atoms. The van der Waals surface area contributed by atoms with Crippen molar-refractivity contribution in [3.63, 3.8) is 0 Å². The molecule has 0 bridgehead atoms. The summed E-state index contributed by atoms with van der Waals surface area (Å²) in [4.78, 5) is 17.0. The Labute approximate surface area is 64.8 Å². The molecule has 6 heteroatoms. The molecule has 2 N–H and O–H groups in total. The molecule has 0 rings (SSSR count). The van der Waals surface area contributed by atoms with Gasteiger partial charge in [0, 0.05) is 0 Å². The zero-order chi connectivity index (χ0) is 7.71. The molecule has 0 atom stereocenters. The molecule has 3 nitrogen and oxygen atoms in total. The van der Waals surface area contributed by atoms with Crippen LogP contribution in [0.15, 0.2) is 0 Å². The summed E-state index contributed by atoms with van der Waals surface area (Å²) < 4.78 is 8.96.